The number of hydrogen-bond acceptors (Lipinski definition) is 5. The average Bonchev–Trinajstić information content (AvgIpc) is 2.84. The summed E-state index contributed by atoms with van der Waals surface area (Å²) in [4.78, 5) is 30.1. The number of carbonyl (C=O) groups is 2. The Labute approximate surface area is 160 Å². The minimum absolute atomic E-state index is 0.232. The van der Waals surface area contributed by atoms with Gasteiger partial charge in [0.15, 0.2) is 0 Å². The van der Waals surface area contributed by atoms with Gasteiger partial charge in [0.25, 0.3) is 11.8 Å². The van der Waals surface area contributed by atoms with Gasteiger partial charge in [0, 0.05) is 22.3 Å². The second kappa shape index (κ2) is 7.13. The summed E-state index contributed by atoms with van der Waals surface area (Å²) in [6.07, 6.45) is 1.69. The van der Waals surface area contributed by atoms with Gasteiger partial charge < -0.3 is 15.4 Å². The Hall–Kier alpha value is -3.32. The Kier molecular flexibility index (Phi) is 4.52. The van der Waals surface area contributed by atoms with Crippen molar-refractivity contribution in [2.75, 3.05) is 17.7 Å². The van der Waals surface area contributed by atoms with Crippen LogP contribution in [0.1, 0.15) is 20.7 Å². The van der Waals surface area contributed by atoms with E-state index in [1.165, 1.54) is 11.8 Å². The molecule has 7 heteroatoms. The number of pyridine rings is 1. The minimum atomic E-state index is -0.260. The molecule has 0 bridgehead atoms. The summed E-state index contributed by atoms with van der Waals surface area (Å²) in [7, 11) is 1.57. The monoisotopic (exact) mass is 377 g/mol. The molecule has 6 nitrogen and oxygen atoms in total. The lowest BCUT2D eigenvalue weighted by Crippen LogP contribution is -2.14. The molecule has 27 heavy (non-hydrogen) atoms. The molecule has 1 aliphatic rings. The number of hydrogen-bond donors (Lipinski definition) is 2. The van der Waals surface area contributed by atoms with Gasteiger partial charge in [0.1, 0.15) is 10.8 Å². The minimum Gasteiger partial charge on any atom is -0.497 e. The van der Waals surface area contributed by atoms with E-state index in [-0.39, 0.29) is 11.8 Å². The van der Waals surface area contributed by atoms with Gasteiger partial charge in [-0.15, -0.1) is 0 Å². The zero-order valence-electron chi connectivity index (χ0n) is 14.4. The predicted octanol–water partition coefficient (Wildman–Crippen LogP) is 4.06. The van der Waals surface area contributed by atoms with Crippen molar-refractivity contribution in [2.24, 2.45) is 0 Å². The van der Waals surface area contributed by atoms with Crippen LogP contribution in [0.3, 0.4) is 0 Å². The first-order valence-corrected chi connectivity index (χ1v) is 8.99. The van der Waals surface area contributed by atoms with Crippen LogP contribution in [-0.4, -0.2) is 23.9 Å². The van der Waals surface area contributed by atoms with Gasteiger partial charge in [0.2, 0.25) is 0 Å². The second-order valence-electron chi connectivity index (χ2n) is 5.81. The van der Waals surface area contributed by atoms with E-state index in [0.29, 0.717) is 28.3 Å². The van der Waals surface area contributed by atoms with Crippen molar-refractivity contribution < 1.29 is 14.3 Å². The molecule has 3 aromatic rings. The van der Waals surface area contributed by atoms with Crippen molar-refractivity contribution in [1.29, 1.82) is 0 Å². The van der Waals surface area contributed by atoms with Crippen LogP contribution < -0.4 is 15.4 Å². The number of anilines is 2. The first kappa shape index (κ1) is 17.1. The van der Waals surface area contributed by atoms with Crippen molar-refractivity contribution in [3.8, 4) is 5.75 Å². The Morgan fingerprint density at radius 1 is 1.15 bits per heavy atom. The number of amides is 2. The highest BCUT2D eigenvalue weighted by molar-refractivity contribution is 7.99. The maximum atomic E-state index is 12.6. The number of carbonyl (C=O) groups excluding carboxylic acids is 2. The molecule has 0 unspecified atom stereocenters. The van der Waals surface area contributed by atoms with Crippen LogP contribution in [0.4, 0.5) is 11.4 Å². The maximum absolute atomic E-state index is 12.6. The Bertz CT molecular complexity index is 1030. The predicted molar refractivity (Wildman–Crippen MR) is 104 cm³/mol. The Morgan fingerprint density at radius 2 is 1.96 bits per heavy atom. The second-order valence-corrected chi connectivity index (χ2v) is 6.84. The lowest BCUT2D eigenvalue weighted by atomic mass is 10.1. The topological polar surface area (TPSA) is 80.3 Å². The van der Waals surface area contributed by atoms with Crippen molar-refractivity contribution >= 4 is 35.0 Å². The number of methoxy groups -OCH3 is 1. The van der Waals surface area contributed by atoms with Gasteiger partial charge in [0.05, 0.1) is 18.4 Å². The molecule has 2 heterocycles. The molecule has 1 aliphatic heterocycles. The normalized spacial score (nSPS) is 12.3. The summed E-state index contributed by atoms with van der Waals surface area (Å²) in [5.74, 6) is 0.187. The molecule has 134 valence electrons. The molecule has 2 aromatic carbocycles. The molecule has 0 fully saturated rings. The number of fused-ring (bicyclic) bond motifs is 2. The number of aromatic nitrogens is 1. The zero-order valence-corrected chi connectivity index (χ0v) is 15.2. The smallest absolute Gasteiger partial charge is 0.256 e. The summed E-state index contributed by atoms with van der Waals surface area (Å²) >= 11 is 1.41. The van der Waals surface area contributed by atoms with E-state index in [0.717, 1.165) is 9.92 Å². The molecule has 4 rings (SSSR count). The molecule has 0 spiro atoms. The molecular weight excluding hydrogens is 362 g/mol. The summed E-state index contributed by atoms with van der Waals surface area (Å²) in [6, 6.07) is 15.7. The number of rotatable bonds is 3. The number of nitrogens with one attached hydrogen (secondary N) is 2. The van der Waals surface area contributed by atoms with Crippen molar-refractivity contribution in [2.45, 2.75) is 9.92 Å². The summed E-state index contributed by atoms with van der Waals surface area (Å²) in [5.41, 5.74) is 2.21. The largest absolute Gasteiger partial charge is 0.497 e. The number of benzene rings is 2. The van der Waals surface area contributed by atoms with E-state index in [4.69, 9.17) is 4.74 Å². The van der Waals surface area contributed by atoms with Crippen LogP contribution in [-0.2, 0) is 0 Å². The van der Waals surface area contributed by atoms with Gasteiger partial charge in [-0.25, -0.2) is 4.98 Å². The third-order valence-electron chi connectivity index (χ3n) is 4.06. The molecule has 0 radical (unpaired) electrons. The van der Waals surface area contributed by atoms with Crippen LogP contribution in [0.25, 0.3) is 0 Å². The van der Waals surface area contributed by atoms with Gasteiger partial charge in [-0.05, 0) is 54.6 Å². The van der Waals surface area contributed by atoms with E-state index in [9.17, 15) is 9.59 Å². The summed E-state index contributed by atoms with van der Waals surface area (Å²) < 4.78 is 5.10. The highest BCUT2D eigenvalue weighted by Crippen LogP contribution is 2.38. The van der Waals surface area contributed by atoms with E-state index in [2.05, 4.69) is 15.6 Å². The van der Waals surface area contributed by atoms with Crippen LogP contribution in [0.2, 0.25) is 0 Å². The van der Waals surface area contributed by atoms with Crippen LogP contribution in [0, 0.1) is 0 Å². The third-order valence-corrected chi connectivity index (χ3v) is 5.15. The molecule has 0 aliphatic carbocycles. The number of nitrogens with zero attached hydrogens (tertiary/aromatic N) is 1. The molecule has 0 saturated heterocycles. The first-order chi connectivity index (χ1) is 13.1. The van der Waals surface area contributed by atoms with Crippen molar-refractivity contribution in [3.63, 3.8) is 0 Å². The maximum Gasteiger partial charge on any atom is 0.256 e. The molecule has 0 atom stereocenters. The van der Waals surface area contributed by atoms with E-state index in [1.54, 1.807) is 55.8 Å². The fraction of sp³-hybridized carbons (Fsp3) is 0.0500. The summed E-state index contributed by atoms with van der Waals surface area (Å²) in [6.45, 7) is 0. The van der Waals surface area contributed by atoms with E-state index < -0.39 is 0 Å². The Morgan fingerprint density at radius 3 is 2.74 bits per heavy atom. The van der Waals surface area contributed by atoms with Gasteiger partial charge in [-0.3, -0.25) is 9.59 Å². The highest BCUT2D eigenvalue weighted by atomic mass is 32.2. The third kappa shape index (κ3) is 3.50. The van der Waals surface area contributed by atoms with Crippen molar-refractivity contribution in [3.05, 3.63) is 71.9 Å². The van der Waals surface area contributed by atoms with E-state index >= 15 is 0 Å². The van der Waals surface area contributed by atoms with Crippen molar-refractivity contribution in [1.82, 2.24) is 4.98 Å². The Balaban J connectivity index is 1.58. The molecule has 0 saturated carbocycles. The quantitative estimate of drug-likeness (QED) is 0.719. The SMILES string of the molecule is COc1ccc(C(=O)Nc2ccc3c(c2)C(=O)Nc2cccnc2S3)cc1. The van der Waals surface area contributed by atoms with Gasteiger partial charge in [-0.1, -0.05) is 11.8 Å². The zero-order chi connectivity index (χ0) is 18.8. The lowest BCUT2D eigenvalue weighted by molar-refractivity contribution is 0.101. The highest BCUT2D eigenvalue weighted by Gasteiger charge is 2.21. The molecular formula is C20H15N3O3S. The van der Waals surface area contributed by atoms with E-state index in [1.807, 2.05) is 12.1 Å². The van der Waals surface area contributed by atoms with Crippen LogP contribution in [0.15, 0.2) is 70.7 Å². The molecule has 1 aromatic heterocycles. The van der Waals surface area contributed by atoms with Crippen LogP contribution >= 0.6 is 11.8 Å². The molecule has 2 N–H and O–H groups in total. The van der Waals surface area contributed by atoms with Crippen LogP contribution in [0.5, 0.6) is 5.75 Å². The number of ether oxygens (including phenoxy) is 1. The standard InChI is InChI=1S/C20H15N3O3S/c1-26-14-7-4-12(5-8-14)18(24)22-13-6-9-17-15(11-13)19(25)23-16-3-2-10-21-20(16)27-17/h2-11H,1H3,(H,22,24)(H,23,25). The molecule has 2 amide bonds. The van der Waals surface area contributed by atoms with Gasteiger partial charge in [-0.2, -0.15) is 0 Å². The van der Waals surface area contributed by atoms with Gasteiger partial charge >= 0.3 is 0 Å². The summed E-state index contributed by atoms with van der Waals surface area (Å²) in [5, 5.41) is 6.41. The first-order valence-electron chi connectivity index (χ1n) is 8.18. The fourth-order valence-electron chi connectivity index (χ4n) is 2.68. The lowest BCUT2D eigenvalue weighted by Gasteiger charge is -2.09. The fourth-order valence-corrected chi connectivity index (χ4v) is 3.63. The average molecular weight is 377 g/mol.